The van der Waals surface area contributed by atoms with Crippen LogP contribution in [0.4, 0.5) is 10.5 Å². The second-order valence-corrected chi connectivity index (χ2v) is 7.82. The molecule has 0 saturated carbocycles. The quantitative estimate of drug-likeness (QED) is 0.275. The lowest BCUT2D eigenvalue weighted by Gasteiger charge is -2.19. The number of nitrogens with one attached hydrogen (secondary N) is 2. The molecule has 7 nitrogen and oxygen atoms in total. The third kappa shape index (κ3) is 4.60. The fourth-order valence-corrected chi connectivity index (χ4v) is 4.13. The zero-order valence-electron chi connectivity index (χ0n) is 17.6. The number of nitrogen functional groups attached to an aromatic ring is 1. The summed E-state index contributed by atoms with van der Waals surface area (Å²) < 4.78 is 5.48. The van der Waals surface area contributed by atoms with Gasteiger partial charge in [-0.25, -0.2) is 4.79 Å². The summed E-state index contributed by atoms with van der Waals surface area (Å²) in [5.41, 5.74) is 8.41. The molecular weight excluding hydrogens is 406 g/mol. The predicted molar refractivity (Wildman–Crippen MR) is 123 cm³/mol. The molecular formula is C25H27N3O4. The second-order valence-electron chi connectivity index (χ2n) is 7.82. The van der Waals surface area contributed by atoms with Crippen LogP contribution in [-0.4, -0.2) is 35.6 Å². The van der Waals surface area contributed by atoms with Gasteiger partial charge in [0.05, 0.1) is 6.10 Å². The maximum atomic E-state index is 12.2. The fourth-order valence-electron chi connectivity index (χ4n) is 4.13. The molecule has 0 fully saturated rings. The first kappa shape index (κ1) is 21.8. The third-order valence-corrected chi connectivity index (χ3v) is 5.84. The number of benzene rings is 3. The van der Waals surface area contributed by atoms with Crippen LogP contribution in [0.15, 0.2) is 72.8 Å². The van der Waals surface area contributed by atoms with Gasteiger partial charge in [-0.3, -0.25) is 5.84 Å². The highest BCUT2D eigenvalue weighted by Gasteiger charge is 2.29. The smallest absolute Gasteiger partial charge is 0.407 e. The highest BCUT2D eigenvalue weighted by molar-refractivity contribution is 5.79. The maximum absolute atomic E-state index is 12.2. The highest BCUT2D eigenvalue weighted by Crippen LogP contribution is 2.44. The Morgan fingerprint density at radius 1 is 0.938 bits per heavy atom. The Labute approximate surface area is 186 Å². The first-order valence-corrected chi connectivity index (χ1v) is 10.6. The molecule has 32 heavy (non-hydrogen) atoms. The molecule has 0 heterocycles. The van der Waals surface area contributed by atoms with E-state index < -0.39 is 18.3 Å². The number of rotatable bonds is 8. The first-order valence-electron chi connectivity index (χ1n) is 10.6. The molecule has 4 rings (SSSR count). The van der Waals surface area contributed by atoms with Crippen LogP contribution in [0, 0.1) is 0 Å². The number of alkyl carbamates (subject to hydrolysis) is 1. The predicted octanol–water partition coefficient (Wildman–Crippen LogP) is 3.30. The number of ether oxygens (including phenoxy) is 1. The summed E-state index contributed by atoms with van der Waals surface area (Å²) in [6.07, 6.45) is -2.46. The fraction of sp³-hybridized carbons (Fsp3) is 0.240. The van der Waals surface area contributed by atoms with Crippen LogP contribution in [0.1, 0.15) is 35.1 Å². The number of fused-ring (bicyclic) bond motifs is 3. The standard InChI is InChI=1S/C25H27N3O4/c26-28-17-11-9-16(10-12-17)24(30)23(29)13-14-27-25(31)32-15-22-20-7-3-1-5-18(20)19-6-2-4-8-21(19)22/h1-12,22-24,28-30H,13-15,26H2,(H,27,31). The van der Waals surface area contributed by atoms with Crippen LogP contribution >= 0.6 is 0 Å². The Morgan fingerprint density at radius 3 is 2.12 bits per heavy atom. The van der Waals surface area contributed by atoms with E-state index in [0.717, 1.165) is 11.1 Å². The van der Waals surface area contributed by atoms with Crippen molar-refractivity contribution in [1.29, 1.82) is 0 Å². The van der Waals surface area contributed by atoms with Crippen LogP contribution < -0.4 is 16.6 Å². The summed E-state index contributed by atoms with van der Waals surface area (Å²) in [7, 11) is 0. The summed E-state index contributed by atoms with van der Waals surface area (Å²) in [5, 5.41) is 23.2. The number of hydrogen-bond acceptors (Lipinski definition) is 6. The average Bonchev–Trinajstić information content (AvgIpc) is 3.16. The number of hydrazine groups is 1. The number of aliphatic hydroxyl groups excluding tert-OH is 2. The summed E-state index contributed by atoms with van der Waals surface area (Å²) in [6.45, 7) is 0.407. The van der Waals surface area contributed by atoms with E-state index in [1.165, 1.54) is 11.1 Å². The number of aliphatic hydroxyl groups is 2. The molecule has 166 valence electrons. The minimum Gasteiger partial charge on any atom is -0.449 e. The SMILES string of the molecule is NNc1ccc(C(O)C(O)CCNC(=O)OCC2c3ccccc3-c3ccccc32)cc1. The van der Waals surface area contributed by atoms with Gasteiger partial charge in [-0.05, 0) is 46.4 Å². The third-order valence-electron chi connectivity index (χ3n) is 5.84. The van der Waals surface area contributed by atoms with Crippen LogP contribution in [0.25, 0.3) is 11.1 Å². The van der Waals surface area contributed by atoms with Gasteiger partial charge in [-0.15, -0.1) is 0 Å². The zero-order chi connectivity index (χ0) is 22.5. The number of carbonyl (C=O) groups excluding carboxylic acids is 1. The summed E-state index contributed by atoms with van der Waals surface area (Å²) in [4.78, 5) is 12.2. The largest absolute Gasteiger partial charge is 0.449 e. The van der Waals surface area contributed by atoms with Crippen molar-refractivity contribution < 1.29 is 19.7 Å². The number of anilines is 1. The number of carbonyl (C=O) groups is 1. The van der Waals surface area contributed by atoms with Crippen molar-refractivity contribution in [3.05, 3.63) is 89.5 Å². The van der Waals surface area contributed by atoms with Crippen molar-refractivity contribution in [2.24, 2.45) is 5.84 Å². The maximum Gasteiger partial charge on any atom is 0.407 e. The molecule has 0 aliphatic heterocycles. The molecule has 3 aromatic carbocycles. The molecule has 0 spiro atoms. The van der Waals surface area contributed by atoms with E-state index in [4.69, 9.17) is 10.6 Å². The lowest BCUT2D eigenvalue weighted by Crippen LogP contribution is -2.30. The molecule has 0 aromatic heterocycles. The van der Waals surface area contributed by atoms with E-state index in [1.807, 2.05) is 24.3 Å². The van der Waals surface area contributed by atoms with Gasteiger partial charge < -0.3 is 25.7 Å². The molecule has 0 saturated heterocycles. The molecule has 6 N–H and O–H groups in total. The number of hydrogen-bond donors (Lipinski definition) is 5. The van der Waals surface area contributed by atoms with Crippen LogP contribution in [0.2, 0.25) is 0 Å². The average molecular weight is 434 g/mol. The van der Waals surface area contributed by atoms with Crippen LogP contribution in [0.5, 0.6) is 0 Å². The molecule has 7 heteroatoms. The van der Waals surface area contributed by atoms with E-state index >= 15 is 0 Å². The van der Waals surface area contributed by atoms with Gasteiger partial charge in [-0.1, -0.05) is 60.7 Å². The van der Waals surface area contributed by atoms with Gasteiger partial charge in [0.15, 0.2) is 0 Å². The number of amides is 1. The molecule has 2 unspecified atom stereocenters. The Bertz CT molecular complexity index is 1030. The Hall–Kier alpha value is -3.39. The molecule has 0 radical (unpaired) electrons. The van der Waals surface area contributed by atoms with Crippen molar-refractivity contribution in [3.63, 3.8) is 0 Å². The molecule has 3 aromatic rings. The summed E-state index contributed by atoms with van der Waals surface area (Å²) in [6, 6.07) is 23.1. The summed E-state index contributed by atoms with van der Waals surface area (Å²) in [5.74, 6) is 5.32. The zero-order valence-corrected chi connectivity index (χ0v) is 17.6. The second kappa shape index (κ2) is 9.82. The molecule has 1 aliphatic carbocycles. The molecule has 1 aliphatic rings. The van der Waals surface area contributed by atoms with Crippen molar-refractivity contribution in [2.45, 2.75) is 24.5 Å². The molecule has 0 bridgehead atoms. The lowest BCUT2D eigenvalue weighted by molar-refractivity contribution is 0.0137. The van der Waals surface area contributed by atoms with Crippen molar-refractivity contribution in [3.8, 4) is 11.1 Å². The van der Waals surface area contributed by atoms with E-state index in [2.05, 4.69) is 35.0 Å². The van der Waals surface area contributed by atoms with E-state index in [0.29, 0.717) is 11.3 Å². The first-order chi connectivity index (χ1) is 15.6. The number of nitrogens with two attached hydrogens (primary N) is 1. The van der Waals surface area contributed by atoms with Gasteiger partial charge >= 0.3 is 6.09 Å². The summed E-state index contributed by atoms with van der Waals surface area (Å²) >= 11 is 0. The van der Waals surface area contributed by atoms with E-state index in [-0.39, 0.29) is 25.5 Å². The van der Waals surface area contributed by atoms with Gasteiger partial charge in [0, 0.05) is 18.2 Å². The van der Waals surface area contributed by atoms with Crippen molar-refractivity contribution in [2.75, 3.05) is 18.6 Å². The van der Waals surface area contributed by atoms with Crippen LogP contribution in [0.3, 0.4) is 0 Å². The monoisotopic (exact) mass is 433 g/mol. The van der Waals surface area contributed by atoms with Crippen molar-refractivity contribution in [1.82, 2.24) is 5.32 Å². The molecule has 1 amide bonds. The Balaban J connectivity index is 1.27. The van der Waals surface area contributed by atoms with E-state index in [9.17, 15) is 15.0 Å². The molecule has 2 atom stereocenters. The van der Waals surface area contributed by atoms with Gasteiger partial charge in [0.2, 0.25) is 0 Å². The van der Waals surface area contributed by atoms with Crippen LogP contribution in [-0.2, 0) is 4.74 Å². The van der Waals surface area contributed by atoms with Gasteiger partial charge in [0.25, 0.3) is 0 Å². The van der Waals surface area contributed by atoms with Gasteiger partial charge in [-0.2, -0.15) is 0 Å². The minimum atomic E-state index is -1.06. The normalized spacial score (nSPS) is 14.2. The van der Waals surface area contributed by atoms with Gasteiger partial charge in [0.1, 0.15) is 12.7 Å². The van der Waals surface area contributed by atoms with Crippen molar-refractivity contribution >= 4 is 11.8 Å². The highest BCUT2D eigenvalue weighted by atomic mass is 16.5. The lowest BCUT2D eigenvalue weighted by atomic mass is 9.98. The minimum absolute atomic E-state index is 0.00783. The Morgan fingerprint density at radius 2 is 1.53 bits per heavy atom. The topological polar surface area (TPSA) is 117 Å². The van der Waals surface area contributed by atoms with E-state index in [1.54, 1.807) is 24.3 Å². The Kier molecular flexibility index (Phi) is 6.70.